The number of carbonyl (C=O) groups excluding carboxylic acids is 1. The maximum atomic E-state index is 10.6. The first-order chi connectivity index (χ1) is 4.89. The van der Waals surface area contributed by atoms with Crippen molar-refractivity contribution in [3.63, 3.8) is 0 Å². The fourth-order valence-electron chi connectivity index (χ4n) is 0.863. The van der Waals surface area contributed by atoms with Crippen LogP contribution in [-0.2, 0) is 4.79 Å². The lowest BCUT2D eigenvalue weighted by Crippen LogP contribution is -2.36. The number of carbonyl (C=O) groups is 1. The number of hydrogen-bond acceptors (Lipinski definition) is 2. The van der Waals surface area contributed by atoms with Crippen LogP contribution in [0.3, 0.4) is 0 Å². The fourth-order valence-corrected chi connectivity index (χ4v) is 0.863. The van der Waals surface area contributed by atoms with Crippen LogP contribution in [0.2, 0.25) is 0 Å². The molecule has 66 valence electrons. The molecule has 0 fully saturated rings. The van der Waals surface area contributed by atoms with Gasteiger partial charge in [-0.2, -0.15) is 0 Å². The van der Waals surface area contributed by atoms with Crippen molar-refractivity contribution in [2.75, 3.05) is 13.6 Å². The van der Waals surface area contributed by atoms with Gasteiger partial charge in [0.15, 0.2) is 0 Å². The number of nitrogens with zero attached hydrogens (tertiary/aromatic N) is 1. The van der Waals surface area contributed by atoms with Crippen molar-refractivity contribution >= 4 is 6.29 Å². The van der Waals surface area contributed by atoms with Gasteiger partial charge in [-0.25, -0.2) is 0 Å². The topological polar surface area (TPSA) is 20.3 Å². The van der Waals surface area contributed by atoms with Crippen molar-refractivity contribution in [2.24, 2.45) is 5.41 Å². The van der Waals surface area contributed by atoms with Crippen molar-refractivity contribution in [3.8, 4) is 0 Å². The minimum absolute atomic E-state index is 0.209. The molecule has 0 amide bonds. The Balaban J connectivity index is 3.93. The lowest BCUT2D eigenvalue weighted by atomic mass is 9.95. The molecule has 0 rings (SSSR count). The first-order valence-electron chi connectivity index (χ1n) is 4.05. The average molecular weight is 157 g/mol. The van der Waals surface area contributed by atoms with Crippen LogP contribution in [-0.4, -0.2) is 30.8 Å². The van der Waals surface area contributed by atoms with E-state index in [1.54, 1.807) is 0 Å². The maximum Gasteiger partial charge on any atom is 0.126 e. The van der Waals surface area contributed by atoms with Crippen LogP contribution in [0, 0.1) is 5.41 Å². The molecule has 0 spiro atoms. The molecule has 0 bridgehead atoms. The van der Waals surface area contributed by atoms with E-state index in [4.69, 9.17) is 0 Å². The van der Waals surface area contributed by atoms with E-state index in [-0.39, 0.29) is 5.41 Å². The molecule has 0 aromatic heterocycles. The normalized spacial score (nSPS) is 12.6. The monoisotopic (exact) mass is 157 g/mol. The molecule has 2 heteroatoms. The quantitative estimate of drug-likeness (QED) is 0.577. The summed E-state index contributed by atoms with van der Waals surface area (Å²) in [5.74, 6) is 0. The summed E-state index contributed by atoms with van der Waals surface area (Å²) in [5, 5.41) is 0. The summed E-state index contributed by atoms with van der Waals surface area (Å²) in [6.07, 6.45) is 1.02. The first kappa shape index (κ1) is 10.6. The van der Waals surface area contributed by atoms with Crippen LogP contribution in [0.15, 0.2) is 0 Å². The summed E-state index contributed by atoms with van der Waals surface area (Å²) in [6.45, 7) is 8.99. The van der Waals surface area contributed by atoms with Gasteiger partial charge in [0.1, 0.15) is 6.29 Å². The molecule has 0 aromatic carbocycles. The number of aldehydes is 1. The second kappa shape index (κ2) is 3.86. The van der Waals surface area contributed by atoms with Gasteiger partial charge >= 0.3 is 0 Å². The molecule has 0 aliphatic heterocycles. The van der Waals surface area contributed by atoms with E-state index < -0.39 is 0 Å². The van der Waals surface area contributed by atoms with Crippen molar-refractivity contribution in [1.82, 2.24) is 4.90 Å². The predicted molar refractivity (Wildman–Crippen MR) is 47.6 cm³/mol. The molecule has 11 heavy (non-hydrogen) atoms. The molecular formula is C9H19NO. The van der Waals surface area contributed by atoms with E-state index in [0.29, 0.717) is 6.04 Å². The van der Waals surface area contributed by atoms with E-state index >= 15 is 0 Å². The lowest BCUT2D eigenvalue weighted by molar-refractivity contribution is -0.115. The minimum atomic E-state index is -0.209. The molecule has 0 aromatic rings. The van der Waals surface area contributed by atoms with Crippen LogP contribution >= 0.6 is 0 Å². The number of rotatable bonds is 4. The summed E-state index contributed by atoms with van der Waals surface area (Å²) < 4.78 is 0. The van der Waals surface area contributed by atoms with E-state index in [9.17, 15) is 4.79 Å². The Bertz CT molecular complexity index is 130. The standard InChI is InChI=1S/C9H19NO/c1-8(2)10(5)6-9(3,4)7-11/h7-8H,6H2,1-5H3. The molecule has 0 aliphatic rings. The van der Waals surface area contributed by atoms with Crippen LogP contribution in [0.5, 0.6) is 0 Å². The van der Waals surface area contributed by atoms with Crippen LogP contribution < -0.4 is 0 Å². The van der Waals surface area contributed by atoms with Crippen LogP contribution in [0.4, 0.5) is 0 Å². The van der Waals surface area contributed by atoms with Gasteiger partial charge in [0.25, 0.3) is 0 Å². The third kappa shape index (κ3) is 4.14. The highest BCUT2D eigenvalue weighted by Gasteiger charge is 2.19. The Kier molecular flexibility index (Phi) is 3.73. The summed E-state index contributed by atoms with van der Waals surface area (Å²) >= 11 is 0. The second-order valence-corrected chi connectivity index (χ2v) is 4.12. The smallest absolute Gasteiger partial charge is 0.126 e. The highest BCUT2D eigenvalue weighted by Crippen LogP contribution is 2.13. The molecule has 0 N–H and O–H groups in total. The molecule has 0 radical (unpaired) electrons. The van der Waals surface area contributed by atoms with Crippen molar-refractivity contribution in [2.45, 2.75) is 33.7 Å². The SMILES string of the molecule is CC(C)N(C)CC(C)(C)C=O. The third-order valence-electron chi connectivity index (χ3n) is 1.86. The Hall–Kier alpha value is -0.370. The third-order valence-corrected chi connectivity index (χ3v) is 1.86. The van der Waals surface area contributed by atoms with Gasteiger partial charge in [0, 0.05) is 18.0 Å². The molecule has 0 unspecified atom stereocenters. The summed E-state index contributed by atoms with van der Waals surface area (Å²) in [7, 11) is 2.04. The van der Waals surface area contributed by atoms with Crippen molar-refractivity contribution in [1.29, 1.82) is 0 Å². The molecule has 0 aliphatic carbocycles. The largest absolute Gasteiger partial charge is 0.303 e. The highest BCUT2D eigenvalue weighted by atomic mass is 16.1. The maximum absolute atomic E-state index is 10.6. The van der Waals surface area contributed by atoms with Gasteiger partial charge in [0.05, 0.1) is 0 Å². The van der Waals surface area contributed by atoms with Gasteiger partial charge in [-0.15, -0.1) is 0 Å². The van der Waals surface area contributed by atoms with Gasteiger partial charge in [-0.05, 0) is 20.9 Å². The Morgan fingerprint density at radius 1 is 1.45 bits per heavy atom. The van der Waals surface area contributed by atoms with Crippen LogP contribution in [0.25, 0.3) is 0 Å². The summed E-state index contributed by atoms with van der Waals surface area (Å²) in [5.41, 5.74) is -0.209. The van der Waals surface area contributed by atoms with Gasteiger partial charge in [-0.3, -0.25) is 0 Å². The lowest BCUT2D eigenvalue weighted by Gasteiger charge is -2.28. The molecule has 0 atom stereocenters. The molecular weight excluding hydrogens is 138 g/mol. The predicted octanol–water partition coefficient (Wildman–Crippen LogP) is 1.55. The summed E-state index contributed by atoms with van der Waals surface area (Å²) in [4.78, 5) is 12.7. The van der Waals surface area contributed by atoms with Gasteiger partial charge in [0.2, 0.25) is 0 Å². The van der Waals surface area contributed by atoms with E-state index in [0.717, 1.165) is 12.8 Å². The Morgan fingerprint density at radius 3 is 2.18 bits per heavy atom. The summed E-state index contributed by atoms with van der Waals surface area (Å²) in [6, 6.07) is 0.509. The fraction of sp³-hybridized carbons (Fsp3) is 0.889. The second-order valence-electron chi connectivity index (χ2n) is 4.12. The Morgan fingerprint density at radius 2 is 1.91 bits per heavy atom. The zero-order valence-corrected chi connectivity index (χ0v) is 8.22. The molecule has 0 heterocycles. The van der Waals surface area contributed by atoms with Crippen molar-refractivity contribution < 1.29 is 4.79 Å². The zero-order valence-electron chi connectivity index (χ0n) is 8.22. The van der Waals surface area contributed by atoms with E-state index in [2.05, 4.69) is 18.7 Å². The highest BCUT2D eigenvalue weighted by molar-refractivity contribution is 5.58. The van der Waals surface area contributed by atoms with Gasteiger partial charge < -0.3 is 9.69 Å². The average Bonchev–Trinajstić information content (AvgIpc) is 1.87. The molecule has 0 saturated heterocycles. The van der Waals surface area contributed by atoms with Crippen molar-refractivity contribution in [3.05, 3.63) is 0 Å². The first-order valence-corrected chi connectivity index (χ1v) is 4.05. The molecule has 0 saturated carbocycles. The van der Waals surface area contributed by atoms with Gasteiger partial charge in [-0.1, -0.05) is 13.8 Å². The number of hydrogen-bond donors (Lipinski definition) is 0. The molecule has 2 nitrogen and oxygen atoms in total. The van der Waals surface area contributed by atoms with E-state index in [1.807, 2.05) is 20.9 Å². The van der Waals surface area contributed by atoms with Crippen LogP contribution in [0.1, 0.15) is 27.7 Å². The zero-order chi connectivity index (χ0) is 9.07. The minimum Gasteiger partial charge on any atom is -0.303 e. The van der Waals surface area contributed by atoms with E-state index in [1.165, 1.54) is 0 Å². The Labute approximate surface area is 69.6 Å².